The van der Waals surface area contributed by atoms with Crippen molar-refractivity contribution in [1.82, 2.24) is 30.0 Å². The maximum absolute atomic E-state index is 14.3. The zero-order valence-corrected chi connectivity index (χ0v) is 22.8. The van der Waals surface area contributed by atoms with Gasteiger partial charge in [-0.15, -0.1) is 0 Å². The summed E-state index contributed by atoms with van der Waals surface area (Å²) in [5.41, 5.74) is 0.960. The molecule has 1 aromatic carbocycles. The monoisotopic (exact) mass is 541 g/mol. The van der Waals surface area contributed by atoms with Crippen LogP contribution in [-0.4, -0.2) is 87.2 Å². The number of nitrogens with zero attached hydrogens (tertiary/aromatic N) is 6. The van der Waals surface area contributed by atoms with E-state index in [9.17, 15) is 9.18 Å². The Bertz CT molecular complexity index is 1310. The predicted octanol–water partition coefficient (Wildman–Crippen LogP) is 3.90. The van der Waals surface area contributed by atoms with Gasteiger partial charge in [0, 0.05) is 67.2 Å². The Hall–Kier alpha value is -3.44. The fraction of sp³-hybridized carbons (Fsp3) is 0.462. The molecule has 3 N–H and O–H groups in total. The number of likely N-dealkylation sites (N-methyl/N-ethyl adjacent to an activating group) is 1. The van der Waals surface area contributed by atoms with Gasteiger partial charge in [0.05, 0.1) is 5.56 Å². The number of halogens is 2. The van der Waals surface area contributed by atoms with Crippen LogP contribution >= 0.6 is 11.6 Å². The summed E-state index contributed by atoms with van der Waals surface area (Å²) in [6.45, 7) is 8.96. The molecule has 3 aromatic rings. The molecule has 0 bridgehead atoms. The zero-order valence-electron chi connectivity index (χ0n) is 22.0. The fourth-order valence-corrected chi connectivity index (χ4v) is 5.17. The number of nitrogens with one attached hydrogen (secondary N) is 3. The molecule has 2 saturated heterocycles. The first-order valence-electron chi connectivity index (χ1n) is 12.8. The number of aromatic nitrogens is 4. The van der Waals surface area contributed by atoms with Crippen LogP contribution in [0.25, 0.3) is 0 Å². The van der Waals surface area contributed by atoms with E-state index in [2.05, 4.69) is 51.5 Å². The Kier molecular flexibility index (Phi) is 7.40. The summed E-state index contributed by atoms with van der Waals surface area (Å²) in [5, 5.41) is 14.1. The molecule has 2 aromatic heterocycles. The van der Waals surface area contributed by atoms with Crippen LogP contribution in [0.5, 0.6) is 0 Å². The van der Waals surface area contributed by atoms with Crippen LogP contribution in [0.2, 0.25) is 5.02 Å². The number of rotatable bonds is 6. The lowest BCUT2D eigenvalue weighted by Gasteiger charge is -2.43. The van der Waals surface area contributed by atoms with Crippen LogP contribution in [0.1, 0.15) is 36.3 Å². The number of aromatic amines is 1. The van der Waals surface area contributed by atoms with Crippen molar-refractivity contribution in [3.05, 3.63) is 52.4 Å². The second-order valence-corrected chi connectivity index (χ2v) is 10.7. The molecular weight excluding hydrogens is 509 g/mol. The molecule has 202 valence electrons. The summed E-state index contributed by atoms with van der Waals surface area (Å²) in [6.07, 6.45) is 0.693. The Morgan fingerprint density at radius 3 is 2.55 bits per heavy atom. The standard InChI is InChI=1S/C26H33ClFN9O/c1-15-9-23(34-33-15)30-22-11-24(37-12-16(2)35(4)17(3)13-37)32-26(31-22)29-19-7-8-36(14-19)25(38)20-6-5-18(27)10-21(20)28/h5-6,9-11,16-17,19H,7-8,12-14H2,1-4H3,(H3,29,30,31,32,33,34)/t16-,17+,19-/m0/s1. The van der Waals surface area contributed by atoms with Gasteiger partial charge in [-0.2, -0.15) is 15.1 Å². The van der Waals surface area contributed by atoms with Crippen LogP contribution in [0.4, 0.5) is 27.8 Å². The van der Waals surface area contributed by atoms with Gasteiger partial charge in [0.2, 0.25) is 5.95 Å². The summed E-state index contributed by atoms with van der Waals surface area (Å²) in [4.78, 5) is 28.8. The summed E-state index contributed by atoms with van der Waals surface area (Å²) in [6, 6.07) is 8.64. The van der Waals surface area contributed by atoms with E-state index in [1.165, 1.54) is 12.1 Å². The van der Waals surface area contributed by atoms with E-state index >= 15 is 0 Å². The van der Waals surface area contributed by atoms with Crippen molar-refractivity contribution >= 4 is 40.9 Å². The quantitative estimate of drug-likeness (QED) is 0.431. The van der Waals surface area contributed by atoms with Crippen molar-refractivity contribution in [2.45, 2.75) is 45.3 Å². The van der Waals surface area contributed by atoms with E-state index in [0.717, 1.165) is 30.7 Å². The van der Waals surface area contributed by atoms with Crippen LogP contribution in [0.3, 0.4) is 0 Å². The first-order chi connectivity index (χ1) is 18.2. The number of hydrogen-bond acceptors (Lipinski definition) is 8. The molecule has 3 atom stereocenters. The maximum atomic E-state index is 14.3. The molecule has 1 amide bonds. The molecule has 0 saturated carbocycles. The lowest BCUT2D eigenvalue weighted by atomic mass is 10.1. The van der Waals surface area contributed by atoms with Gasteiger partial charge in [-0.25, -0.2) is 4.39 Å². The number of hydrogen-bond donors (Lipinski definition) is 3. The largest absolute Gasteiger partial charge is 0.353 e. The maximum Gasteiger partial charge on any atom is 0.256 e. The molecule has 4 heterocycles. The molecular formula is C26H33ClFN9O. The fourth-order valence-electron chi connectivity index (χ4n) is 5.01. The van der Waals surface area contributed by atoms with Crippen molar-refractivity contribution in [3.63, 3.8) is 0 Å². The van der Waals surface area contributed by atoms with Gasteiger partial charge in [-0.1, -0.05) is 11.6 Å². The predicted molar refractivity (Wildman–Crippen MR) is 147 cm³/mol. The topological polar surface area (TPSA) is 105 Å². The van der Waals surface area contributed by atoms with Crippen molar-refractivity contribution < 1.29 is 9.18 Å². The molecule has 0 unspecified atom stereocenters. The highest BCUT2D eigenvalue weighted by Gasteiger charge is 2.30. The second kappa shape index (κ2) is 10.7. The highest BCUT2D eigenvalue weighted by atomic mass is 35.5. The van der Waals surface area contributed by atoms with Gasteiger partial charge in [-0.05, 0) is 52.4 Å². The van der Waals surface area contributed by atoms with Crippen LogP contribution < -0.4 is 15.5 Å². The van der Waals surface area contributed by atoms with E-state index in [4.69, 9.17) is 21.6 Å². The second-order valence-electron chi connectivity index (χ2n) is 10.3. The zero-order chi connectivity index (χ0) is 27.0. The smallest absolute Gasteiger partial charge is 0.256 e. The van der Waals surface area contributed by atoms with Crippen molar-refractivity contribution in [2.75, 3.05) is 48.8 Å². The third-order valence-electron chi connectivity index (χ3n) is 7.33. The molecule has 38 heavy (non-hydrogen) atoms. The normalized spacial score (nSPS) is 22.1. The van der Waals surface area contributed by atoms with Crippen LogP contribution in [0.15, 0.2) is 30.3 Å². The minimum Gasteiger partial charge on any atom is -0.353 e. The van der Waals surface area contributed by atoms with E-state index in [-0.39, 0.29) is 22.5 Å². The molecule has 0 aliphatic carbocycles. The highest BCUT2D eigenvalue weighted by molar-refractivity contribution is 6.30. The minimum atomic E-state index is -0.616. The average Bonchev–Trinajstić information content (AvgIpc) is 3.50. The van der Waals surface area contributed by atoms with Gasteiger partial charge in [0.25, 0.3) is 5.91 Å². The van der Waals surface area contributed by atoms with Gasteiger partial charge in [0.1, 0.15) is 17.5 Å². The molecule has 2 aliphatic rings. The van der Waals surface area contributed by atoms with E-state index in [0.29, 0.717) is 49.2 Å². The van der Waals surface area contributed by atoms with Crippen LogP contribution in [-0.2, 0) is 0 Å². The summed E-state index contributed by atoms with van der Waals surface area (Å²) in [7, 11) is 2.15. The summed E-state index contributed by atoms with van der Waals surface area (Å²) in [5.74, 6) is 1.61. The number of carbonyl (C=O) groups is 1. The van der Waals surface area contributed by atoms with Gasteiger partial charge in [0.15, 0.2) is 5.82 Å². The van der Waals surface area contributed by atoms with E-state index < -0.39 is 5.82 Å². The van der Waals surface area contributed by atoms with E-state index in [1.54, 1.807) is 4.90 Å². The molecule has 10 nitrogen and oxygen atoms in total. The number of benzene rings is 1. The molecule has 2 aliphatic heterocycles. The average molecular weight is 542 g/mol. The molecule has 12 heteroatoms. The number of H-pyrrole nitrogens is 1. The third-order valence-corrected chi connectivity index (χ3v) is 7.56. The number of aryl methyl sites for hydroxylation is 1. The Labute approximate surface area is 226 Å². The first-order valence-corrected chi connectivity index (χ1v) is 13.2. The Morgan fingerprint density at radius 1 is 1.11 bits per heavy atom. The minimum absolute atomic E-state index is 0.0207. The molecule has 0 spiro atoms. The van der Waals surface area contributed by atoms with Crippen molar-refractivity contribution in [1.29, 1.82) is 0 Å². The van der Waals surface area contributed by atoms with Gasteiger partial charge < -0.3 is 20.4 Å². The SMILES string of the molecule is Cc1cc(Nc2cc(N3C[C@@H](C)N(C)[C@@H](C)C3)nc(N[C@H]3CCN(C(=O)c4ccc(Cl)cc4F)C3)n2)n[nH]1. The summed E-state index contributed by atoms with van der Waals surface area (Å²) < 4.78 is 14.3. The van der Waals surface area contributed by atoms with Crippen LogP contribution in [0, 0.1) is 12.7 Å². The highest BCUT2D eigenvalue weighted by Crippen LogP contribution is 2.26. The lowest BCUT2D eigenvalue weighted by Crippen LogP contribution is -2.55. The number of amides is 1. The summed E-state index contributed by atoms with van der Waals surface area (Å²) >= 11 is 5.85. The molecule has 5 rings (SSSR count). The van der Waals surface area contributed by atoms with Crippen molar-refractivity contribution in [3.8, 4) is 0 Å². The Balaban J connectivity index is 1.35. The number of piperazine rings is 1. The van der Waals surface area contributed by atoms with Crippen molar-refractivity contribution in [2.24, 2.45) is 0 Å². The van der Waals surface area contributed by atoms with E-state index in [1.807, 2.05) is 19.1 Å². The number of likely N-dealkylation sites (tertiary alicyclic amines) is 1. The molecule has 0 radical (unpaired) electrons. The number of anilines is 4. The van der Waals surface area contributed by atoms with Gasteiger partial charge >= 0.3 is 0 Å². The lowest BCUT2D eigenvalue weighted by molar-refractivity contribution is 0.0787. The first kappa shape index (κ1) is 26.2. The molecule has 2 fully saturated rings. The Morgan fingerprint density at radius 2 is 1.87 bits per heavy atom. The number of carbonyl (C=O) groups excluding carboxylic acids is 1. The van der Waals surface area contributed by atoms with Gasteiger partial charge in [-0.3, -0.25) is 14.8 Å². The third kappa shape index (κ3) is 5.68.